The average molecular weight is 339 g/mol. The van der Waals surface area contributed by atoms with Crippen molar-refractivity contribution < 1.29 is 4.79 Å². The van der Waals surface area contributed by atoms with Crippen LogP contribution in [0.3, 0.4) is 0 Å². The van der Waals surface area contributed by atoms with Crippen LogP contribution in [-0.4, -0.2) is 19.6 Å². The number of carbonyl (C=O) groups is 1. The molecule has 3 rings (SSSR count). The molecule has 0 radical (unpaired) electrons. The minimum absolute atomic E-state index is 0.276. The Balaban J connectivity index is 2.00. The van der Waals surface area contributed by atoms with Gasteiger partial charge < -0.3 is 5.32 Å². The van der Waals surface area contributed by atoms with E-state index in [-0.39, 0.29) is 5.56 Å². The molecule has 3 aromatic rings. The van der Waals surface area contributed by atoms with Crippen molar-refractivity contribution in [2.45, 2.75) is 6.92 Å². The molecule has 0 aliphatic carbocycles. The van der Waals surface area contributed by atoms with Gasteiger partial charge >= 0.3 is 0 Å². The van der Waals surface area contributed by atoms with Crippen molar-refractivity contribution in [3.63, 3.8) is 0 Å². The summed E-state index contributed by atoms with van der Waals surface area (Å²) >= 11 is 13.3. The van der Waals surface area contributed by atoms with Crippen LogP contribution in [0.4, 0.5) is 5.69 Å². The minimum atomic E-state index is -0.394. The van der Waals surface area contributed by atoms with Gasteiger partial charge in [-0.1, -0.05) is 23.2 Å². The largest absolute Gasteiger partial charge is 0.319 e. The maximum absolute atomic E-state index is 12.3. The summed E-state index contributed by atoms with van der Waals surface area (Å²) < 4.78 is 8.26. The van der Waals surface area contributed by atoms with Gasteiger partial charge in [-0.25, -0.2) is 0 Å². The highest BCUT2D eigenvalue weighted by Crippen LogP contribution is 2.30. The normalized spacial score (nSPS) is 10.8. The summed E-state index contributed by atoms with van der Waals surface area (Å²) in [7, 11) is 0. The van der Waals surface area contributed by atoms with Crippen LogP contribution in [0.2, 0.25) is 10.0 Å². The number of rotatable bonds is 2. The van der Waals surface area contributed by atoms with Gasteiger partial charge in [0.1, 0.15) is 11.0 Å². The standard InChI is InChI=1S/C13H8Cl2N4OS/c1-6-4-9(15)7(5-16-6)13(20)17-11-8(14)2-3-10-12(11)19-21-18-10/h2-5H,1H3,(H,17,20). The molecular formula is C13H8Cl2N4OS. The summed E-state index contributed by atoms with van der Waals surface area (Å²) in [6.45, 7) is 1.80. The first-order chi connectivity index (χ1) is 10.1. The molecule has 0 saturated carbocycles. The molecule has 0 aliphatic heterocycles. The van der Waals surface area contributed by atoms with E-state index in [1.165, 1.54) is 6.20 Å². The molecule has 106 valence electrons. The van der Waals surface area contributed by atoms with Gasteiger partial charge in [-0.2, -0.15) is 8.75 Å². The summed E-state index contributed by atoms with van der Waals surface area (Å²) in [5.74, 6) is -0.394. The molecule has 0 saturated heterocycles. The maximum Gasteiger partial charge on any atom is 0.258 e. The number of nitrogens with one attached hydrogen (secondary N) is 1. The fourth-order valence-corrected chi connectivity index (χ4v) is 2.85. The zero-order valence-electron chi connectivity index (χ0n) is 10.7. The number of anilines is 1. The van der Waals surface area contributed by atoms with Crippen LogP contribution in [0, 0.1) is 6.92 Å². The van der Waals surface area contributed by atoms with Gasteiger partial charge in [0.25, 0.3) is 5.91 Å². The number of aromatic nitrogens is 3. The Hall–Kier alpha value is -1.76. The molecule has 0 bridgehead atoms. The highest BCUT2D eigenvalue weighted by atomic mass is 35.5. The highest BCUT2D eigenvalue weighted by molar-refractivity contribution is 7.00. The second-order valence-corrected chi connectivity index (χ2v) is 5.66. The molecule has 2 aromatic heterocycles. The van der Waals surface area contributed by atoms with Crippen molar-refractivity contribution >= 4 is 57.6 Å². The Bertz CT molecular complexity index is 849. The van der Waals surface area contributed by atoms with Crippen molar-refractivity contribution in [3.05, 3.63) is 45.7 Å². The summed E-state index contributed by atoms with van der Waals surface area (Å²) in [5.41, 5.74) is 2.66. The van der Waals surface area contributed by atoms with Crippen LogP contribution in [0.25, 0.3) is 11.0 Å². The second kappa shape index (κ2) is 5.55. The zero-order chi connectivity index (χ0) is 15.0. The van der Waals surface area contributed by atoms with Gasteiger partial charge in [0, 0.05) is 11.9 Å². The Morgan fingerprint density at radius 3 is 2.81 bits per heavy atom. The van der Waals surface area contributed by atoms with E-state index in [1.54, 1.807) is 25.1 Å². The third-order valence-electron chi connectivity index (χ3n) is 2.85. The number of benzene rings is 1. The van der Waals surface area contributed by atoms with E-state index in [1.807, 2.05) is 0 Å². The molecule has 5 nitrogen and oxygen atoms in total. The summed E-state index contributed by atoms with van der Waals surface area (Å²) in [5, 5.41) is 3.45. The molecule has 0 fully saturated rings. The first-order valence-electron chi connectivity index (χ1n) is 5.90. The van der Waals surface area contributed by atoms with Crippen molar-refractivity contribution in [3.8, 4) is 0 Å². The monoisotopic (exact) mass is 338 g/mol. The lowest BCUT2D eigenvalue weighted by atomic mass is 10.2. The molecule has 1 aromatic carbocycles. The Kier molecular flexibility index (Phi) is 3.75. The number of hydrogen-bond donors (Lipinski definition) is 1. The van der Waals surface area contributed by atoms with Crippen LogP contribution < -0.4 is 5.32 Å². The number of hydrogen-bond acceptors (Lipinski definition) is 5. The van der Waals surface area contributed by atoms with Crippen molar-refractivity contribution in [2.24, 2.45) is 0 Å². The van der Waals surface area contributed by atoms with Gasteiger partial charge in [0.2, 0.25) is 0 Å². The van der Waals surface area contributed by atoms with E-state index in [4.69, 9.17) is 23.2 Å². The van der Waals surface area contributed by atoms with Gasteiger partial charge in [-0.3, -0.25) is 9.78 Å². The number of pyridine rings is 1. The fourth-order valence-electron chi connectivity index (χ4n) is 1.82. The van der Waals surface area contributed by atoms with Crippen LogP contribution in [0.15, 0.2) is 24.4 Å². The third kappa shape index (κ3) is 2.70. The molecule has 1 N–H and O–H groups in total. The molecule has 21 heavy (non-hydrogen) atoms. The number of fused-ring (bicyclic) bond motifs is 1. The maximum atomic E-state index is 12.3. The first kappa shape index (κ1) is 14.2. The van der Waals surface area contributed by atoms with E-state index < -0.39 is 5.91 Å². The smallest absolute Gasteiger partial charge is 0.258 e. The highest BCUT2D eigenvalue weighted by Gasteiger charge is 2.16. The Morgan fingerprint density at radius 1 is 1.24 bits per heavy atom. The minimum Gasteiger partial charge on any atom is -0.319 e. The molecule has 0 atom stereocenters. The van der Waals surface area contributed by atoms with Gasteiger partial charge in [0.15, 0.2) is 0 Å². The zero-order valence-corrected chi connectivity index (χ0v) is 13.1. The first-order valence-corrected chi connectivity index (χ1v) is 7.39. The quantitative estimate of drug-likeness (QED) is 0.767. The molecular weight excluding hydrogens is 331 g/mol. The second-order valence-electron chi connectivity index (χ2n) is 4.31. The van der Waals surface area contributed by atoms with Crippen molar-refractivity contribution in [1.29, 1.82) is 0 Å². The van der Waals surface area contributed by atoms with E-state index in [9.17, 15) is 4.79 Å². The summed E-state index contributed by atoms with van der Waals surface area (Å²) in [6, 6.07) is 5.04. The lowest BCUT2D eigenvalue weighted by Gasteiger charge is -2.08. The average Bonchev–Trinajstić information content (AvgIpc) is 2.90. The topological polar surface area (TPSA) is 67.8 Å². The van der Waals surface area contributed by atoms with Crippen LogP contribution in [0.1, 0.15) is 16.1 Å². The Labute approximate surface area is 134 Å². The van der Waals surface area contributed by atoms with Crippen LogP contribution in [0.5, 0.6) is 0 Å². The predicted octanol–water partition coefficient (Wildman–Crippen LogP) is 3.95. The van der Waals surface area contributed by atoms with Crippen molar-refractivity contribution in [1.82, 2.24) is 13.7 Å². The third-order valence-corrected chi connectivity index (χ3v) is 4.02. The SMILES string of the molecule is Cc1cc(Cl)c(C(=O)Nc2c(Cl)ccc3nsnc23)cn1. The van der Waals surface area contributed by atoms with E-state index >= 15 is 0 Å². The predicted molar refractivity (Wildman–Crippen MR) is 84.4 cm³/mol. The fraction of sp³-hybridized carbons (Fsp3) is 0.0769. The summed E-state index contributed by atoms with van der Waals surface area (Å²) in [6.07, 6.45) is 1.43. The number of amides is 1. The number of halogens is 2. The van der Waals surface area contributed by atoms with Crippen LogP contribution in [-0.2, 0) is 0 Å². The van der Waals surface area contributed by atoms with E-state index in [2.05, 4.69) is 19.0 Å². The number of nitrogens with zero attached hydrogens (tertiary/aromatic N) is 3. The van der Waals surface area contributed by atoms with Gasteiger partial charge in [-0.05, 0) is 25.1 Å². The molecule has 2 heterocycles. The molecule has 8 heteroatoms. The molecule has 1 amide bonds. The molecule has 0 spiro atoms. The summed E-state index contributed by atoms with van der Waals surface area (Å²) in [4.78, 5) is 16.4. The van der Waals surface area contributed by atoms with E-state index in [0.717, 1.165) is 17.4 Å². The lowest BCUT2D eigenvalue weighted by molar-refractivity contribution is 0.102. The van der Waals surface area contributed by atoms with E-state index in [0.29, 0.717) is 26.8 Å². The van der Waals surface area contributed by atoms with Gasteiger partial charge in [-0.15, -0.1) is 0 Å². The molecule has 0 aliphatic rings. The molecule has 0 unspecified atom stereocenters. The lowest BCUT2D eigenvalue weighted by Crippen LogP contribution is -2.13. The van der Waals surface area contributed by atoms with Gasteiger partial charge in [0.05, 0.1) is 33.0 Å². The van der Waals surface area contributed by atoms with Crippen molar-refractivity contribution in [2.75, 3.05) is 5.32 Å². The van der Waals surface area contributed by atoms with Crippen LogP contribution >= 0.6 is 34.9 Å². The number of carbonyl (C=O) groups excluding carboxylic acids is 1. The Morgan fingerprint density at radius 2 is 2.05 bits per heavy atom. The number of aryl methyl sites for hydroxylation is 1.